The van der Waals surface area contributed by atoms with E-state index in [9.17, 15) is 4.79 Å². The Morgan fingerprint density at radius 1 is 1.42 bits per heavy atom. The van der Waals surface area contributed by atoms with Crippen molar-refractivity contribution in [1.82, 2.24) is 5.32 Å². The van der Waals surface area contributed by atoms with Crippen LogP contribution in [0.2, 0.25) is 5.02 Å². The van der Waals surface area contributed by atoms with E-state index < -0.39 is 0 Å². The maximum atomic E-state index is 12.2. The van der Waals surface area contributed by atoms with Crippen LogP contribution in [0.15, 0.2) is 18.2 Å². The fraction of sp³-hybridized carbons (Fsp3) is 0.533. The van der Waals surface area contributed by atoms with E-state index in [0.29, 0.717) is 16.3 Å². The molecule has 0 aliphatic heterocycles. The average molecular weight is 284 g/mol. The second-order valence-electron chi connectivity index (χ2n) is 4.71. The fourth-order valence-corrected chi connectivity index (χ4v) is 2.10. The van der Waals surface area contributed by atoms with Crippen LogP contribution >= 0.6 is 11.6 Å². The maximum Gasteiger partial charge on any atom is 0.255 e. The summed E-state index contributed by atoms with van der Waals surface area (Å²) in [5, 5.41) is 3.51. The van der Waals surface area contributed by atoms with Crippen LogP contribution < -0.4 is 10.1 Å². The zero-order valence-corrected chi connectivity index (χ0v) is 12.6. The molecule has 0 saturated heterocycles. The lowest BCUT2D eigenvalue weighted by molar-refractivity contribution is 0.0935. The van der Waals surface area contributed by atoms with Crippen LogP contribution in [-0.4, -0.2) is 19.1 Å². The van der Waals surface area contributed by atoms with Gasteiger partial charge in [-0.25, -0.2) is 0 Å². The van der Waals surface area contributed by atoms with Gasteiger partial charge in [-0.15, -0.1) is 0 Å². The number of carbonyl (C=O) groups is 1. The van der Waals surface area contributed by atoms with E-state index in [1.54, 1.807) is 25.3 Å². The van der Waals surface area contributed by atoms with Gasteiger partial charge in [-0.2, -0.15) is 0 Å². The summed E-state index contributed by atoms with van der Waals surface area (Å²) in [7, 11) is 1.55. The Kier molecular flexibility index (Phi) is 6.71. The predicted molar refractivity (Wildman–Crippen MR) is 79.1 cm³/mol. The summed E-state index contributed by atoms with van der Waals surface area (Å²) in [6, 6.07) is 5.21. The van der Waals surface area contributed by atoms with Gasteiger partial charge in [-0.05, 0) is 31.5 Å². The van der Waals surface area contributed by atoms with Crippen molar-refractivity contribution >= 4 is 17.5 Å². The molecule has 1 amide bonds. The van der Waals surface area contributed by atoms with Gasteiger partial charge >= 0.3 is 0 Å². The van der Waals surface area contributed by atoms with E-state index in [1.807, 2.05) is 6.92 Å². The minimum absolute atomic E-state index is 0.136. The largest absolute Gasteiger partial charge is 0.496 e. The normalized spacial score (nSPS) is 12.0. The van der Waals surface area contributed by atoms with Gasteiger partial charge in [-0.1, -0.05) is 37.8 Å². The monoisotopic (exact) mass is 283 g/mol. The van der Waals surface area contributed by atoms with Crippen LogP contribution in [0.25, 0.3) is 0 Å². The predicted octanol–water partition coefficient (Wildman–Crippen LogP) is 4.05. The standard InChI is InChI=1S/C15H22ClNO2/c1-4-5-6-7-11(2)17-15(18)13-10-12(16)8-9-14(13)19-3/h8-11H,4-7H2,1-3H3,(H,17,18). The molecule has 0 saturated carbocycles. The number of amides is 1. The maximum absolute atomic E-state index is 12.2. The second-order valence-corrected chi connectivity index (χ2v) is 5.15. The molecule has 0 aliphatic carbocycles. The molecule has 106 valence electrons. The zero-order chi connectivity index (χ0) is 14.3. The van der Waals surface area contributed by atoms with E-state index in [0.717, 1.165) is 12.8 Å². The first-order valence-electron chi connectivity index (χ1n) is 6.72. The molecule has 1 unspecified atom stereocenters. The lowest BCUT2D eigenvalue weighted by atomic mass is 10.1. The van der Waals surface area contributed by atoms with Crippen molar-refractivity contribution in [3.63, 3.8) is 0 Å². The number of methoxy groups -OCH3 is 1. The lowest BCUT2D eigenvalue weighted by Gasteiger charge is -2.15. The minimum atomic E-state index is -0.136. The summed E-state index contributed by atoms with van der Waals surface area (Å²) in [4.78, 5) is 12.2. The van der Waals surface area contributed by atoms with Gasteiger partial charge in [0.25, 0.3) is 5.91 Å². The molecule has 0 spiro atoms. The molecular weight excluding hydrogens is 262 g/mol. The summed E-state index contributed by atoms with van der Waals surface area (Å²) in [5.41, 5.74) is 0.484. The van der Waals surface area contributed by atoms with Crippen molar-refractivity contribution in [2.45, 2.75) is 45.6 Å². The molecule has 0 heterocycles. The number of carbonyl (C=O) groups excluding carboxylic acids is 1. The van der Waals surface area contributed by atoms with Gasteiger partial charge in [0.2, 0.25) is 0 Å². The molecule has 0 bridgehead atoms. The third-order valence-electron chi connectivity index (χ3n) is 3.02. The third kappa shape index (κ3) is 5.11. The summed E-state index contributed by atoms with van der Waals surface area (Å²) in [5.74, 6) is 0.408. The number of hydrogen-bond donors (Lipinski definition) is 1. The highest BCUT2D eigenvalue weighted by molar-refractivity contribution is 6.31. The van der Waals surface area contributed by atoms with Crippen molar-refractivity contribution < 1.29 is 9.53 Å². The Bertz CT molecular complexity index is 421. The van der Waals surface area contributed by atoms with Crippen LogP contribution in [0.3, 0.4) is 0 Å². The van der Waals surface area contributed by atoms with E-state index in [2.05, 4.69) is 12.2 Å². The number of benzene rings is 1. The molecule has 0 aliphatic rings. The highest BCUT2D eigenvalue weighted by Crippen LogP contribution is 2.22. The van der Waals surface area contributed by atoms with Crippen molar-refractivity contribution in [2.24, 2.45) is 0 Å². The molecule has 1 rings (SSSR count). The summed E-state index contributed by atoms with van der Waals surface area (Å²) in [6.07, 6.45) is 4.50. The molecule has 3 nitrogen and oxygen atoms in total. The van der Waals surface area contributed by atoms with Crippen LogP contribution in [0.5, 0.6) is 5.75 Å². The molecule has 1 atom stereocenters. The molecule has 0 aromatic heterocycles. The summed E-state index contributed by atoms with van der Waals surface area (Å²) >= 11 is 5.92. The van der Waals surface area contributed by atoms with Crippen molar-refractivity contribution in [1.29, 1.82) is 0 Å². The first-order valence-corrected chi connectivity index (χ1v) is 7.10. The zero-order valence-electron chi connectivity index (χ0n) is 11.8. The highest BCUT2D eigenvalue weighted by Gasteiger charge is 2.14. The Hall–Kier alpha value is -1.22. The first-order chi connectivity index (χ1) is 9.08. The van der Waals surface area contributed by atoms with E-state index in [4.69, 9.17) is 16.3 Å². The number of hydrogen-bond acceptors (Lipinski definition) is 2. The molecule has 1 aromatic rings. The quantitative estimate of drug-likeness (QED) is 0.767. The number of halogens is 1. The van der Waals surface area contributed by atoms with Crippen LogP contribution in [0.4, 0.5) is 0 Å². The van der Waals surface area contributed by atoms with Crippen LogP contribution in [0.1, 0.15) is 49.9 Å². The van der Waals surface area contributed by atoms with E-state index in [1.165, 1.54) is 12.8 Å². The lowest BCUT2D eigenvalue weighted by Crippen LogP contribution is -2.32. The Labute approximate surface area is 120 Å². The molecule has 1 aromatic carbocycles. The second kappa shape index (κ2) is 8.05. The topological polar surface area (TPSA) is 38.3 Å². The molecule has 1 N–H and O–H groups in total. The Morgan fingerprint density at radius 2 is 2.16 bits per heavy atom. The number of nitrogens with one attached hydrogen (secondary N) is 1. The smallest absolute Gasteiger partial charge is 0.255 e. The van der Waals surface area contributed by atoms with E-state index in [-0.39, 0.29) is 11.9 Å². The minimum Gasteiger partial charge on any atom is -0.496 e. The summed E-state index contributed by atoms with van der Waals surface area (Å²) < 4.78 is 5.18. The van der Waals surface area contributed by atoms with Crippen LogP contribution in [-0.2, 0) is 0 Å². The molecule has 0 fully saturated rings. The molecule has 0 radical (unpaired) electrons. The van der Waals surface area contributed by atoms with Crippen molar-refractivity contribution in [3.8, 4) is 5.75 Å². The van der Waals surface area contributed by atoms with Crippen molar-refractivity contribution in [2.75, 3.05) is 7.11 Å². The van der Waals surface area contributed by atoms with Gasteiger partial charge in [0.1, 0.15) is 5.75 Å². The molecular formula is C15H22ClNO2. The Balaban J connectivity index is 2.64. The number of rotatable bonds is 7. The van der Waals surface area contributed by atoms with Gasteiger partial charge < -0.3 is 10.1 Å². The van der Waals surface area contributed by atoms with Gasteiger partial charge in [0.05, 0.1) is 12.7 Å². The fourth-order valence-electron chi connectivity index (χ4n) is 1.93. The van der Waals surface area contributed by atoms with Crippen LogP contribution in [0, 0.1) is 0 Å². The summed E-state index contributed by atoms with van der Waals surface area (Å²) in [6.45, 7) is 4.19. The van der Waals surface area contributed by atoms with Gasteiger partial charge in [-0.3, -0.25) is 4.79 Å². The highest BCUT2D eigenvalue weighted by atomic mass is 35.5. The average Bonchev–Trinajstić information content (AvgIpc) is 2.39. The van der Waals surface area contributed by atoms with Gasteiger partial charge in [0.15, 0.2) is 0 Å². The SMILES string of the molecule is CCCCCC(C)NC(=O)c1cc(Cl)ccc1OC. The Morgan fingerprint density at radius 3 is 2.79 bits per heavy atom. The van der Waals surface area contributed by atoms with Crippen molar-refractivity contribution in [3.05, 3.63) is 28.8 Å². The van der Waals surface area contributed by atoms with E-state index >= 15 is 0 Å². The van der Waals surface area contributed by atoms with Gasteiger partial charge in [0, 0.05) is 11.1 Å². The number of ether oxygens (including phenoxy) is 1. The molecule has 4 heteroatoms. The molecule has 19 heavy (non-hydrogen) atoms. The first kappa shape index (κ1) is 15.8. The number of unbranched alkanes of at least 4 members (excludes halogenated alkanes) is 2. The third-order valence-corrected chi connectivity index (χ3v) is 3.26.